The Hall–Kier alpha value is -1.27. The fourth-order valence-corrected chi connectivity index (χ4v) is 1.86. The van der Waals surface area contributed by atoms with Gasteiger partial charge in [0.15, 0.2) is 0 Å². The molecule has 5 nitrogen and oxygen atoms in total. The maximum Gasteiger partial charge on any atom is 0.223 e. The minimum absolute atomic E-state index is 0.0587. The van der Waals surface area contributed by atoms with Gasteiger partial charge in [-0.1, -0.05) is 11.6 Å². The second-order valence-electron chi connectivity index (χ2n) is 4.03. The van der Waals surface area contributed by atoms with Gasteiger partial charge in [0.25, 0.3) is 0 Å². The first-order chi connectivity index (χ1) is 8.87. The van der Waals surface area contributed by atoms with Gasteiger partial charge in [0, 0.05) is 17.8 Å². The molecule has 0 aromatic heterocycles. The molecule has 0 spiro atoms. The normalized spacial score (nSPS) is 11.1. The van der Waals surface area contributed by atoms with Crippen molar-refractivity contribution in [3.05, 3.63) is 29.3 Å². The predicted octanol–water partition coefficient (Wildman–Crippen LogP) is 1.27. The standard InChI is InChI=1S/C12H16ClNO4S/c1-19(16,17)9-7-14-12(15)6-8-18-11-4-2-10(13)3-5-11/h2-5H,6-9H2,1H3,(H,14,15). The van der Waals surface area contributed by atoms with Crippen LogP contribution in [0.1, 0.15) is 6.42 Å². The largest absolute Gasteiger partial charge is 0.493 e. The van der Waals surface area contributed by atoms with Crippen molar-refractivity contribution in [1.29, 1.82) is 0 Å². The lowest BCUT2D eigenvalue weighted by atomic mass is 10.3. The number of hydrogen-bond donors (Lipinski definition) is 1. The maximum absolute atomic E-state index is 11.4. The molecule has 0 heterocycles. The van der Waals surface area contributed by atoms with Crippen LogP contribution >= 0.6 is 11.6 Å². The number of nitrogens with one attached hydrogen (secondary N) is 1. The van der Waals surface area contributed by atoms with Crippen molar-refractivity contribution in [2.75, 3.05) is 25.2 Å². The van der Waals surface area contributed by atoms with Crippen LogP contribution in [0.15, 0.2) is 24.3 Å². The molecule has 19 heavy (non-hydrogen) atoms. The molecule has 0 aliphatic heterocycles. The van der Waals surface area contributed by atoms with Crippen molar-refractivity contribution < 1.29 is 17.9 Å². The second kappa shape index (κ2) is 7.35. The summed E-state index contributed by atoms with van der Waals surface area (Å²) in [6.07, 6.45) is 1.30. The smallest absolute Gasteiger partial charge is 0.223 e. The molecule has 0 bridgehead atoms. The molecule has 0 radical (unpaired) electrons. The highest BCUT2D eigenvalue weighted by molar-refractivity contribution is 7.90. The first kappa shape index (κ1) is 15.8. The fraction of sp³-hybridized carbons (Fsp3) is 0.417. The topological polar surface area (TPSA) is 72.5 Å². The van der Waals surface area contributed by atoms with E-state index in [-0.39, 0.29) is 31.2 Å². The Morgan fingerprint density at radius 3 is 2.53 bits per heavy atom. The van der Waals surface area contributed by atoms with Crippen LogP contribution in [0.2, 0.25) is 5.02 Å². The van der Waals surface area contributed by atoms with Gasteiger partial charge in [-0.2, -0.15) is 0 Å². The molecule has 1 rings (SSSR count). The zero-order valence-electron chi connectivity index (χ0n) is 10.6. The van der Waals surface area contributed by atoms with Crippen LogP contribution in [0.25, 0.3) is 0 Å². The maximum atomic E-state index is 11.4. The molecule has 1 aromatic carbocycles. The van der Waals surface area contributed by atoms with Crippen molar-refractivity contribution in [3.63, 3.8) is 0 Å². The summed E-state index contributed by atoms with van der Waals surface area (Å²) in [6, 6.07) is 6.82. The summed E-state index contributed by atoms with van der Waals surface area (Å²) in [5.74, 6) is 0.336. The Balaban J connectivity index is 2.18. The highest BCUT2D eigenvalue weighted by Crippen LogP contribution is 2.15. The molecule has 0 aliphatic rings. The molecule has 106 valence electrons. The van der Waals surface area contributed by atoms with Crippen LogP contribution in [0, 0.1) is 0 Å². The molecular weight excluding hydrogens is 290 g/mol. The van der Waals surface area contributed by atoms with Crippen LogP contribution in [0.5, 0.6) is 5.75 Å². The molecule has 0 saturated heterocycles. The van der Waals surface area contributed by atoms with Crippen LogP contribution in [-0.2, 0) is 14.6 Å². The van der Waals surface area contributed by atoms with E-state index in [1.807, 2.05) is 0 Å². The summed E-state index contributed by atoms with van der Waals surface area (Å²) in [5.41, 5.74) is 0. The van der Waals surface area contributed by atoms with Crippen molar-refractivity contribution in [2.45, 2.75) is 6.42 Å². The van der Waals surface area contributed by atoms with Crippen LogP contribution in [0.3, 0.4) is 0 Å². The van der Waals surface area contributed by atoms with Gasteiger partial charge >= 0.3 is 0 Å². The Kier molecular flexibility index (Phi) is 6.11. The molecule has 0 fully saturated rings. The number of carbonyl (C=O) groups excluding carboxylic acids is 1. The summed E-state index contributed by atoms with van der Waals surface area (Å²) in [4.78, 5) is 11.4. The Bertz CT molecular complexity index is 513. The highest BCUT2D eigenvalue weighted by Gasteiger charge is 2.05. The molecule has 1 aromatic rings. The van der Waals surface area contributed by atoms with Gasteiger partial charge in [0.1, 0.15) is 15.6 Å². The van der Waals surface area contributed by atoms with Gasteiger partial charge in [0.2, 0.25) is 5.91 Å². The van der Waals surface area contributed by atoms with E-state index in [2.05, 4.69) is 5.32 Å². The third-order valence-electron chi connectivity index (χ3n) is 2.21. The van der Waals surface area contributed by atoms with Gasteiger partial charge in [-0.3, -0.25) is 4.79 Å². The van der Waals surface area contributed by atoms with E-state index in [4.69, 9.17) is 16.3 Å². The molecule has 0 aliphatic carbocycles. The first-order valence-corrected chi connectivity index (χ1v) is 8.13. The van der Waals surface area contributed by atoms with Crippen molar-refractivity contribution >= 4 is 27.3 Å². The van der Waals surface area contributed by atoms with Gasteiger partial charge in [-0.25, -0.2) is 8.42 Å². The number of carbonyl (C=O) groups is 1. The lowest BCUT2D eigenvalue weighted by molar-refractivity contribution is -0.121. The SMILES string of the molecule is CS(=O)(=O)CCNC(=O)CCOc1ccc(Cl)cc1. The third-order valence-corrected chi connectivity index (χ3v) is 3.40. The number of ether oxygens (including phenoxy) is 1. The summed E-state index contributed by atoms with van der Waals surface area (Å²) < 4.78 is 27.0. The zero-order chi connectivity index (χ0) is 14.3. The average Bonchev–Trinajstić information content (AvgIpc) is 2.30. The fourth-order valence-electron chi connectivity index (χ4n) is 1.26. The molecule has 0 saturated carbocycles. The number of benzene rings is 1. The molecular formula is C12H16ClNO4S. The molecule has 0 atom stereocenters. The van der Waals surface area contributed by atoms with Crippen LogP contribution in [0.4, 0.5) is 0 Å². The third kappa shape index (κ3) is 7.69. The van der Waals surface area contributed by atoms with Crippen LogP contribution in [-0.4, -0.2) is 39.5 Å². The van der Waals surface area contributed by atoms with Gasteiger partial charge in [-0.05, 0) is 24.3 Å². The number of rotatable bonds is 7. The van der Waals surface area contributed by atoms with Crippen molar-refractivity contribution in [3.8, 4) is 5.75 Å². The monoisotopic (exact) mass is 305 g/mol. The number of amides is 1. The number of hydrogen-bond acceptors (Lipinski definition) is 4. The predicted molar refractivity (Wildman–Crippen MR) is 74.3 cm³/mol. The molecule has 1 amide bonds. The minimum atomic E-state index is -3.05. The van der Waals surface area contributed by atoms with E-state index in [0.717, 1.165) is 6.26 Å². The zero-order valence-corrected chi connectivity index (χ0v) is 12.1. The summed E-state index contributed by atoms with van der Waals surface area (Å²) in [6.45, 7) is 0.352. The second-order valence-corrected chi connectivity index (χ2v) is 6.73. The van der Waals surface area contributed by atoms with Gasteiger partial charge in [0.05, 0.1) is 18.8 Å². The average molecular weight is 306 g/mol. The first-order valence-electron chi connectivity index (χ1n) is 5.69. The molecule has 1 N–H and O–H groups in total. The van der Waals surface area contributed by atoms with Gasteiger partial charge in [-0.15, -0.1) is 0 Å². The lowest BCUT2D eigenvalue weighted by Crippen LogP contribution is -2.29. The van der Waals surface area contributed by atoms with E-state index >= 15 is 0 Å². The summed E-state index contributed by atoms with van der Waals surface area (Å²) in [7, 11) is -3.05. The van der Waals surface area contributed by atoms with Gasteiger partial charge < -0.3 is 10.1 Å². The molecule has 0 unspecified atom stereocenters. The summed E-state index contributed by atoms with van der Waals surface area (Å²) >= 11 is 5.72. The van der Waals surface area contributed by atoms with Crippen LogP contribution < -0.4 is 10.1 Å². The van der Waals surface area contributed by atoms with Crippen molar-refractivity contribution in [1.82, 2.24) is 5.32 Å². The van der Waals surface area contributed by atoms with Crippen molar-refractivity contribution in [2.24, 2.45) is 0 Å². The van der Waals surface area contributed by atoms with E-state index in [0.29, 0.717) is 10.8 Å². The van der Waals surface area contributed by atoms with E-state index in [1.54, 1.807) is 24.3 Å². The Labute approximate surface area is 117 Å². The van der Waals surface area contributed by atoms with E-state index in [1.165, 1.54) is 0 Å². The Morgan fingerprint density at radius 2 is 1.95 bits per heavy atom. The quantitative estimate of drug-likeness (QED) is 0.823. The Morgan fingerprint density at radius 1 is 1.32 bits per heavy atom. The lowest BCUT2D eigenvalue weighted by Gasteiger charge is -2.07. The minimum Gasteiger partial charge on any atom is -0.493 e. The highest BCUT2D eigenvalue weighted by atomic mass is 35.5. The number of sulfone groups is 1. The molecule has 7 heteroatoms. The summed E-state index contributed by atoms with van der Waals surface area (Å²) in [5, 5.41) is 3.13. The van der Waals surface area contributed by atoms with E-state index < -0.39 is 9.84 Å². The van der Waals surface area contributed by atoms with E-state index in [9.17, 15) is 13.2 Å². The number of halogens is 1.